The van der Waals surface area contributed by atoms with Crippen LogP contribution in [0, 0.1) is 0 Å². The smallest absolute Gasteiger partial charge is 0.254 e. The summed E-state index contributed by atoms with van der Waals surface area (Å²) >= 11 is 0. The molecule has 2 aliphatic rings. The number of hydrogen-bond donors (Lipinski definition) is 0. The topological polar surface area (TPSA) is 73.8 Å². The number of amides is 1. The first-order valence-electron chi connectivity index (χ1n) is 12.0. The Bertz CT molecular complexity index is 1060. The van der Waals surface area contributed by atoms with E-state index >= 15 is 0 Å². The fourth-order valence-electron chi connectivity index (χ4n) is 4.72. The third-order valence-electron chi connectivity index (χ3n) is 6.90. The largest absolute Gasteiger partial charge is 0.370 e. The van der Waals surface area contributed by atoms with Crippen molar-refractivity contribution in [3.8, 4) is 0 Å². The number of aromatic nitrogens is 1. The van der Waals surface area contributed by atoms with E-state index in [1.807, 2.05) is 25.1 Å². The Balaban J connectivity index is 1.69. The second kappa shape index (κ2) is 10.2. The van der Waals surface area contributed by atoms with Crippen LogP contribution in [0.5, 0.6) is 0 Å². The van der Waals surface area contributed by atoms with Crippen LogP contribution in [0.25, 0.3) is 0 Å². The molecule has 0 spiro atoms. The number of piperidine rings is 2. The van der Waals surface area contributed by atoms with Crippen LogP contribution in [0.1, 0.15) is 67.4 Å². The van der Waals surface area contributed by atoms with Crippen molar-refractivity contribution in [3.05, 3.63) is 53.9 Å². The van der Waals surface area contributed by atoms with E-state index in [0.717, 1.165) is 62.9 Å². The van der Waals surface area contributed by atoms with E-state index in [2.05, 4.69) is 9.88 Å². The number of rotatable bonds is 6. The van der Waals surface area contributed by atoms with Crippen molar-refractivity contribution in [3.63, 3.8) is 0 Å². The highest BCUT2D eigenvalue weighted by molar-refractivity contribution is 7.89. The molecule has 0 saturated carbocycles. The molecule has 8 heteroatoms. The lowest BCUT2D eigenvalue weighted by Crippen LogP contribution is -2.38. The van der Waals surface area contributed by atoms with Gasteiger partial charge in [-0.05, 0) is 68.9 Å². The van der Waals surface area contributed by atoms with Gasteiger partial charge in [0.25, 0.3) is 5.91 Å². The molecule has 7 nitrogen and oxygen atoms in total. The quantitative estimate of drug-likeness (QED) is 0.636. The van der Waals surface area contributed by atoms with Crippen molar-refractivity contribution in [2.24, 2.45) is 0 Å². The number of benzene rings is 1. The summed E-state index contributed by atoms with van der Waals surface area (Å²) in [6.45, 7) is 4.71. The standard InChI is InChI=1S/C25H34N4O3S/c1-20(22-10-9-13-26-19-22)27(2)25(30)21-11-12-23(28-14-5-3-6-15-28)24(18-21)33(31,32)29-16-7-4-8-17-29/h9-13,18-20H,3-8,14-17H2,1-2H3. The van der Waals surface area contributed by atoms with Crippen molar-refractivity contribution >= 4 is 21.6 Å². The molecule has 33 heavy (non-hydrogen) atoms. The molecule has 0 radical (unpaired) electrons. The van der Waals surface area contributed by atoms with E-state index in [1.54, 1.807) is 40.8 Å². The number of carbonyl (C=O) groups is 1. The van der Waals surface area contributed by atoms with Gasteiger partial charge in [0, 0.05) is 51.2 Å². The average molecular weight is 471 g/mol. The summed E-state index contributed by atoms with van der Waals surface area (Å²) in [6, 6.07) is 8.80. The average Bonchev–Trinajstić information content (AvgIpc) is 2.88. The number of nitrogens with zero attached hydrogens (tertiary/aromatic N) is 4. The monoisotopic (exact) mass is 470 g/mol. The van der Waals surface area contributed by atoms with Crippen LogP contribution in [-0.4, -0.2) is 61.7 Å². The highest BCUT2D eigenvalue weighted by Gasteiger charge is 2.31. The molecule has 1 atom stereocenters. The minimum atomic E-state index is -3.69. The summed E-state index contributed by atoms with van der Waals surface area (Å²) in [6.07, 6.45) is 9.53. The third-order valence-corrected chi connectivity index (χ3v) is 8.83. The Labute approximate surface area is 197 Å². The first-order valence-corrected chi connectivity index (χ1v) is 13.4. The third kappa shape index (κ3) is 5.06. The molecule has 2 fully saturated rings. The van der Waals surface area contributed by atoms with Crippen LogP contribution in [0.3, 0.4) is 0 Å². The minimum Gasteiger partial charge on any atom is -0.370 e. The summed E-state index contributed by atoms with van der Waals surface area (Å²) in [5.74, 6) is -0.202. The van der Waals surface area contributed by atoms with Gasteiger partial charge in [-0.2, -0.15) is 4.31 Å². The van der Waals surface area contributed by atoms with E-state index in [9.17, 15) is 13.2 Å². The Hall–Kier alpha value is -2.45. The molecular formula is C25H34N4O3S. The van der Waals surface area contributed by atoms with Gasteiger partial charge in [0.15, 0.2) is 0 Å². The lowest BCUT2D eigenvalue weighted by Gasteiger charge is -2.33. The van der Waals surface area contributed by atoms with Gasteiger partial charge in [0.1, 0.15) is 4.90 Å². The van der Waals surface area contributed by atoms with Crippen molar-refractivity contribution in [1.29, 1.82) is 0 Å². The Morgan fingerprint density at radius 2 is 1.67 bits per heavy atom. The Morgan fingerprint density at radius 1 is 1.00 bits per heavy atom. The molecule has 2 aliphatic heterocycles. The van der Waals surface area contributed by atoms with E-state index in [4.69, 9.17) is 0 Å². The van der Waals surface area contributed by atoms with Crippen molar-refractivity contribution in [2.75, 3.05) is 38.1 Å². The maximum Gasteiger partial charge on any atom is 0.254 e. The molecule has 3 heterocycles. The maximum absolute atomic E-state index is 13.7. The predicted molar refractivity (Wildman–Crippen MR) is 130 cm³/mol. The predicted octanol–water partition coefficient (Wildman–Crippen LogP) is 4.08. The highest BCUT2D eigenvalue weighted by atomic mass is 32.2. The van der Waals surface area contributed by atoms with Crippen molar-refractivity contribution in [1.82, 2.24) is 14.2 Å². The molecule has 2 aromatic rings. The number of hydrogen-bond acceptors (Lipinski definition) is 5. The summed E-state index contributed by atoms with van der Waals surface area (Å²) in [5, 5.41) is 0. The fraction of sp³-hybridized carbons (Fsp3) is 0.520. The zero-order valence-electron chi connectivity index (χ0n) is 19.6. The Kier molecular flexibility index (Phi) is 7.34. The summed E-state index contributed by atoms with van der Waals surface area (Å²) in [7, 11) is -1.94. The van der Waals surface area contributed by atoms with Gasteiger partial charge in [0.05, 0.1) is 11.7 Å². The molecule has 0 aliphatic carbocycles. The minimum absolute atomic E-state index is 0.185. The first kappa shape index (κ1) is 23.7. The molecule has 178 valence electrons. The lowest BCUT2D eigenvalue weighted by molar-refractivity contribution is 0.0742. The van der Waals surface area contributed by atoms with Crippen LogP contribution in [-0.2, 0) is 10.0 Å². The highest BCUT2D eigenvalue weighted by Crippen LogP contribution is 2.33. The number of carbonyl (C=O) groups excluding carboxylic acids is 1. The van der Waals surface area contributed by atoms with Gasteiger partial charge < -0.3 is 9.80 Å². The van der Waals surface area contributed by atoms with Crippen LogP contribution in [0.2, 0.25) is 0 Å². The van der Waals surface area contributed by atoms with Gasteiger partial charge in [-0.15, -0.1) is 0 Å². The molecule has 2 saturated heterocycles. The van der Waals surface area contributed by atoms with E-state index < -0.39 is 10.0 Å². The second-order valence-corrected chi connectivity index (χ2v) is 11.0. The molecule has 1 aromatic heterocycles. The van der Waals surface area contributed by atoms with Crippen molar-refractivity contribution in [2.45, 2.75) is 56.4 Å². The van der Waals surface area contributed by atoms with Gasteiger partial charge in [0.2, 0.25) is 10.0 Å². The SMILES string of the molecule is CC(c1cccnc1)N(C)C(=O)c1ccc(N2CCCCC2)c(S(=O)(=O)N2CCCCC2)c1. The Morgan fingerprint density at radius 3 is 2.30 bits per heavy atom. The van der Waals surface area contributed by atoms with Gasteiger partial charge in [-0.1, -0.05) is 12.5 Å². The van der Waals surface area contributed by atoms with Crippen LogP contribution in [0.15, 0.2) is 47.6 Å². The molecule has 1 aromatic carbocycles. The first-order chi connectivity index (χ1) is 15.9. The number of pyridine rings is 1. The number of anilines is 1. The van der Waals surface area contributed by atoms with E-state index in [0.29, 0.717) is 18.7 Å². The summed E-state index contributed by atoms with van der Waals surface area (Å²) in [5.41, 5.74) is 2.05. The molecular weight excluding hydrogens is 436 g/mol. The van der Waals surface area contributed by atoms with Gasteiger partial charge in [-0.25, -0.2) is 8.42 Å². The zero-order chi connectivity index (χ0) is 23.4. The molecule has 1 amide bonds. The summed E-state index contributed by atoms with van der Waals surface area (Å²) in [4.78, 5) is 21.6. The van der Waals surface area contributed by atoms with Crippen LogP contribution < -0.4 is 4.90 Å². The number of sulfonamides is 1. The lowest BCUT2D eigenvalue weighted by atomic mass is 10.1. The van der Waals surface area contributed by atoms with Gasteiger partial charge >= 0.3 is 0 Å². The molecule has 0 bridgehead atoms. The fourth-order valence-corrected chi connectivity index (χ4v) is 6.47. The van der Waals surface area contributed by atoms with E-state index in [1.165, 1.54) is 0 Å². The zero-order valence-corrected chi connectivity index (χ0v) is 20.4. The molecule has 1 unspecified atom stereocenters. The van der Waals surface area contributed by atoms with E-state index in [-0.39, 0.29) is 16.8 Å². The maximum atomic E-state index is 13.7. The second-order valence-electron chi connectivity index (χ2n) is 9.07. The normalized spacial score (nSPS) is 18.7. The van der Waals surface area contributed by atoms with Crippen LogP contribution in [0.4, 0.5) is 5.69 Å². The molecule has 4 rings (SSSR count). The van der Waals surface area contributed by atoms with Crippen molar-refractivity contribution < 1.29 is 13.2 Å². The molecule has 0 N–H and O–H groups in total. The summed E-state index contributed by atoms with van der Waals surface area (Å²) < 4.78 is 29.0. The van der Waals surface area contributed by atoms with Crippen LogP contribution >= 0.6 is 0 Å². The van der Waals surface area contributed by atoms with Gasteiger partial charge in [-0.3, -0.25) is 9.78 Å².